The number of ether oxygens (including phenoxy) is 1. The van der Waals surface area contributed by atoms with Crippen molar-refractivity contribution in [1.29, 1.82) is 0 Å². The topological polar surface area (TPSA) is 111 Å². The third kappa shape index (κ3) is 5.24. The number of aromatic nitrogens is 4. The van der Waals surface area contributed by atoms with Gasteiger partial charge in [-0.1, -0.05) is 60.7 Å². The molecule has 0 bridgehead atoms. The quantitative estimate of drug-likeness (QED) is 0.342. The number of fused-ring (bicyclic) bond motifs is 1. The van der Waals surface area contributed by atoms with Crippen LogP contribution in [0.4, 0.5) is 0 Å². The van der Waals surface area contributed by atoms with Crippen molar-refractivity contribution in [3.63, 3.8) is 0 Å². The molecular weight excluding hydrogens is 464 g/mol. The Morgan fingerprint density at radius 1 is 0.857 bits per heavy atom. The van der Waals surface area contributed by atoms with E-state index in [4.69, 9.17) is 4.74 Å². The zero-order valence-corrected chi connectivity index (χ0v) is 19.2. The van der Waals surface area contributed by atoms with Gasteiger partial charge in [0.2, 0.25) is 5.82 Å². The Morgan fingerprint density at radius 2 is 1.57 bits per heavy atom. The molecule has 0 aliphatic heterocycles. The molecule has 0 unspecified atom stereocenters. The van der Waals surface area contributed by atoms with Crippen molar-refractivity contribution >= 4 is 33.4 Å². The van der Waals surface area contributed by atoms with Gasteiger partial charge in [-0.3, -0.25) is 20.4 Å². The number of nitrogens with zero attached hydrogens (tertiary/aromatic N) is 4. The molecule has 2 amide bonds. The summed E-state index contributed by atoms with van der Waals surface area (Å²) in [7, 11) is 0. The molecule has 0 atom stereocenters. The van der Waals surface area contributed by atoms with Gasteiger partial charge in [0.1, 0.15) is 11.6 Å². The Balaban J connectivity index is 1.21. The average molecular weight is 485 g/mol. The van der Waals surface area contributed by atoms with E-state index in [2.05, 4.69) is 25.9 Å². The number of hydrazine groups is 1. The van der Waals surface area contributed by atoms with E-state index in [1.807, 2.05) is 84.9 Å². The molecule has 5 rings (SSSR count). The lowest BCUT2D eigenvalue weighted by atomic mass is 10.2. The summed E-state index contributed by atoms with van der Waals surface area (Å²) in [5.74, 6) is -0.725. The van der Waals surface area contributed by atoms with Crippen LogP contribution in [0.2, 0.25) is 0 Å². The standard InChI is InChI=1S/C25H20N6O3S/c32-21(15-34-16-22-26-19-13-7-8-14-20(19)35-22)28-29-25(33)23-27-24(17-9-3-1-4-10-17)31(30-23)18-11-5-2-6-12-18/h1-14H,15-16H2,(H,28,32)(H,29,33). The molecule has 0 spiro atoms. The maximum absolute atomic E-state index is 12.7. The molecule has 0 fully saturated rings. The van der Waals surface area contributed by atoms with Crippen molar-refractivity contribution in [2.75, 3.05) is 6.61 Å². The third-order valence-corrected chi connectivity index (χ3v) is 5.97. The summed E-state index contributed by atoms with van der Waals surface area (Å²) < 4.78 is 8.08. The summed E-state index contributed by atoms with van der Waals surface area (Å²) in [6.45, 7) is -0.0401. The highest BCUT2D eigenvalue weighted by Gasteiger charge is 2.19. The Labute approximate surface area is 204 Å². The van der Waals surface area contributed by atoms with E-state index in [1.54, 1.807) is 4.68 Å². The fourth-order valence-electron chi connectivity index (χ4n) is 3.36. The second kappa shape index (κ2) is 10.2. The predicted octanol–water partition coefficient (Wildman–Crippen LogP) is 3.52. The smallest absolute Gasteiger partial charge is 0.309 e. The summed E-state index contributed by atoms with van der Waals surface area (Å²) in [5.41, 5.74) is 7.12. The zero-order valence-electron chi connectivity index (χ0n) is 18.4. The summed E-state index contributed by atoms with van der Waals surface area (Å²) in [6, 6.07) is 26.6. The van der Waals surface area contributed by atoms with Gasteiger partial charge in [0.15, 0.2) is 5.82 Å². The van der Waals surface area contributed by atoms with Crippen LogP contribution in [0.15, 0.2) is 84.9 Å². The molecule has 10 heteroatoms. The van der Waals surface area contributed by atoms with E-state index >= 15 is 0 Å². The van der Waals surface area contributed by atoms with Crippen LogP contribution in [0, 0.1) is 0 Å². The van der Waals surface area contributed by atoms with E-state index in [9.17, 15) is 9.59 Å². The number of hydrogen-bond donors (Lipinski definition) is 2. The Morgan fingerprint density at radius 3 is 2.34 bits per heavy atom. The average Bonchev–Trinajstić information content (AvgIpc) is 3.53. The second-order valence-corrected chi connectivity index (χ2v) is 8.56. The lowest BCUT2D eigenvalue weighted by Crippen LogP contribution is -2.43. The van der Waals surface area contributed by atoms with Crippen LogP contribution in [-0.4, -0.2) is 38.2 Å². The number of rotatable bonds is 7. The maximum Gasteiger partial charge on any atom is 0.309 e. The van der Waals surface area contributed by atoms with Crippen molar-refractivity contribution in [2.24, 2.45) is 0 Å². The van der Waals surface area contributed by atoms with Gasteiger partial charge >= 0.3 is 5.91 Å². The molecule has 0 aliphatic rings. The predicted molar refractivity (Wildman–Crippen MR) is 132 cm³/mol. The second-order valence-electron chi connectivity index (χ2n) is 7.44. The molecule has 2 N–H and O–H groups in total. The minimum Gasteiger partial charge on any atom is -0.364 e. The molecule has 3 aromatic carbocycles. The number of thiazole rings is 1. The molecule has 0 radical (unpaired) electrons. The third-order valence-electron chi connectivity index (χ3n) is 4.96. The number of para-hydroxylation sites is 2. The molecule has 5 aromatic rings. The van der Waals surface area contributed by atoms with Crippen molar-refractivity contribution in [1.82, 2.24) is 30.6 Å². The monoisotopic (exact) mass is 484 g/mol. The van der Waals surface area contributed by atoms with Crippen molar-refractivity contribution < 1.29 is 14.3 Å². The normalized spacial score (nSPS) is 10.9. The fraction of sp³-hybridized carbons (Fsp3) is 0.0800. The molecule has 174 valence electrons. The summed E-state index contributed by atoms with van der Waals surface area (Å²) in [4.78, 5) is 33.7. The van der Waals surface area contributed by atoms with Crippen LogP contribution in [0.25, 0.3) is 27.3 Å². The Hall–Kier alpha value is -4.41. The lowest BCUT2D eigenvalue weighted by molar-refractivity contribution is -0.126. The number of amides is 2. The number of benzene rings is 3. The SMILES string of the molecule is O=C(COCc1nc2ccccc2s1)NNC(=O)c1nc(-c2ccccc2)n(-c2ccccc2)n1. The van der Waals surface area contributed by atoms with Gasteiger partial charge in [-0.2, -0.15) is 0 Å². The van der Waals surface area contributed by atoms with E-state index < -0.39 is 11.8 Å². The number of carbonyl (C=O) groups is 2. The molecule has 0 saturated heterocycles. The first-order chi connectivity index (χ1) is 17.2. The highest BCUT2D eigenvalue weighted by atomic mass is 32.1. The van der Waals surface area contributed by atoms with E-state index in [-0.39, 0.29) is 19.0 Å². The van der Waals surface area contributed by atoms with Crippen LogP contribution in [-0.2, 0) is 16.1 Å². The summed E-state index contributed by atoms with van der Waals surface area (Å²) >= 11 is 1.51. The van der Waals surface area contributed by atoms with Gasteiger partial charge in [0, 0.05) is 5.56 Å². The molecular formula is C25H20N6O3S. The molecule has 2 aromatic heterocycles. The van der Waals surface area contributed by atoms with E-state index in [1.165, 1.54) is 11.3 Å². The van der Waals surface area contributed by atoms with E-state index in [0.29, 0.717) is 5.82 Å². The highest BCUT2D eigenvalue weighted by molar-refractivity contribution is 7.18. The lowest BCUT2D eigenvalue weighted by Gasteiger charge is -2.05. The van der Waals surface area contributed by atoms with Gasteiger partial charge in [0.05, 0.1) is 22.5 Å². The first kappa shape index (κ1) is 22.4. The molecule has 2 heterocycles. The van der Waals surface area contributed by atoms with Gasteiger partial charge in [-0.25, -0.2) is 14.6 Å². The van der Waals surface area contributed by atoms with Crippen molar-refractivity contribution in [2.45, 2.75) is 6.61 Å². The van der Waals surface area contributed by atoms with Crippen LogP contribution in [0.5, 0.6) is 0 Å². The number of hydrogen-bond acceptors (Lipinski definition) is 7. The molecule has 0 aliphatic carbocycles. The van der Waals surface area contributed by atoms with Gasteiger partial charge in [-0.15, -0.1) is 16.4 Å². The molecule has 9 nitrogen and oxygen atoms in total. The first-order valence-electron chi connectivity index (χ1n) is 10.8. The first-order valence-corrected chi connectivity index (χ1v) is 11.6. The van der Waals surface area contributed by atoms with Gasteiger partial charge in [0.25, 0.3) is 5.91 Å². The summed E-state index contributed by atoms with van der Waals surface area (Å²) in [6.07, 6.45) is 0. The van der Waals surface area contributed by atoms with Gasteiger partial charge < -0.3 is 4.74 Å². The Bertz CT molecular complexity index is 1380. The van der Waals surface area contributed by atoms with Crippen molar-refractivity contribution in [3.05, 3.63) is 95.8 Å². The highest BCUT2D eigenvalue weighted by Crippen LogP contribution is 2.22. The van der Waals surface area contributed by atoms with Crippen LogP contribution < -0.4 is 10.9 Å². The largest absolute Gasteiger partial charge is 0.364 e. The molecule has 35 heavy (non-hydrogen) atoms. The maximum atomic E-state index is 12.7. The fourth-order valence-corrected chi connectivity index (χ4v) is 4.27. The Kier molecular flexibility index (Phi) is 6.55. The van der Waals surface area contributed by atoms with Gasteiger partial charge in [-0.05, 0) is 24.3 Å². The summed E-state index contributed by atoms with van der Waals surface area (Å²) in [5, 5.41) is 5.13. The van der Waals surface area contributed by atoms with E-state index in [0.717, 1.165) is 26.5 Å². The number of carbonyl (C=O) groups excluding carboxylic acids is 2. The van der Waals surface area contributed by atoms with Crippen LogP contribution >= 0.6 is 11.3 Å². The molecule has 0 saturated carbocycles. The zero-order chi connectivity index (χ0) is 24.0. The minimum atomic E-state index is -0.642. The van der Waals surface area contributed by atoms with Crippen molar-refractivity contribution in [3.8, 4) is 17.1 Å². The van der Waals surface area contributed by atoms with Crippen LogP contribution in [0.3, 0.4) is 0 Å². The van der Waals surface area contributed by atoms with Crippen LogP contribution in [0.1, 0.15) is 15.6 Å². The number of nitrogens with one attached hydrogen (secondary N) is 2. The minimum absolute atomic E-state index is 0.0802.